The van der Waals surface area contributed by atoms with E-state index >= 15 is 0 Å². The largest absolute Gasteiger partial charge is 0.493 e. The molecule has 0 atom stereocenters. The molecule has 26 heavy (non-hydrogen) atoms. The number of aromatic nitrogens is 2. The Labute approximate surface area is 156 Å². The monoisotopic (exact) mass is 363 g/mol. The van der Waals surface area contributed by atoms with Crippen molar-refractivity contribution in [1.29, 1.82) is 5.26 Å². The van der Waals surface area contributed by atoms with Crippen LogP contribution in [0.25, 0.3) is 22.9 Å². The number of nitriles is 1. The number of hydrogen-bond donors (Lipinski definition) is 0. The average molecular weight is 363 g/mol. The van der Waals surface area contributed by atoms with Crippen molar-refractivity contribution in [2.24, 2.45) is 0 Å². The van der Waals surface area contributed by atoms with Crippen LogP contribution < -0.4 is 9.47 Å². The maximum absolute atomic E-state index is 9.57. The van der Waals surface area contributed by atoms with Crippen LogP contribution in [-0.2, 0) is 0 Å². The van der Waals surface area contributed by atoms with Gasteiger partial charge >= 0.3 is 0 Å². The highest BCUT2D eigenvalue weighted by Gasteiger charge is 2.10. The molecule has 5 nitrogen and oxygen atoms in total. The van der Waals surface area contributed by atoms with Gasteiger partial charge in [0.05, 0.1) is 25.0 Å². The average Bonchev–Trinajstić information content (AvgIpc) is 3.18. The number of hydrogen-bond acceptors (Lipinski definition) is 6. The van der Waals surface area contributed by atoms with Gasteiger partial charge < -0.3 is 9.47 Å². The molecule has 0 saturated carbocycles. The maximum atomic E-state index is 9.57. The summed E-state index contributed by atoms with van der Waals surface area (Å²) in [4.78, 5) is 8.59. The summed E-state index contributed by atoms with van der Waals surface area (Å²) in [5.74, 6) is 1.31. The van der Waals surface area contributed by atoms with Crippen molar-refractivity contribution in [3.63, 3.8) is 0 Å². The molecule has 0 aliphatic carbocycles. The fourth-order valence-corrected chi connectivity index (χ4v) is 3.20. The fourth-order valence-electron chi connectivity index (χ4n) is 2.41. The molecule has 130 valence electrons. The Kier molecular flexibility index (Phi) is 5.62. The normalized spacial score (nSPS) is 11.0. The lowest BCUT2D eigenvalue weighted by Crippen LogP contribution is -1.95. The highest BCUT2D eigenvalue weighted by atomic mass is 32.1. The van der Waals surface area contributed by atoms with E-state index in [0.717, 1.165) is 16.8 Å². The highest BCUT2D eigenvalue weighted by molar-refractivity contribution is 7.11. The second-order valence-electron chi connectivity index (χ2n) is 5.29. The zero-order valence-electron chi connectivity index (χ0n) is 14.5. The van der Waals surface area contributed by atoms with Crippen LogP contribution in [0.4, 0.5) is 0 Å². The van der Waals surface area contributed by atoms with Gasteiger partial charge in [-0.25, -0.2) is 4.98 Å². The molecule has 0 aliphatic heterocycles. The van der Waals surface area contributed by atoms with Crippen LogP contribution in [0, 0.1) is 11.3 Å². The van der Waals surface area contributed by atoms with E-state index < -0.39 is 0 Å². The smallest absolute Gasteiger partial charge is 0.161 e. The van der Waals surface area contributed by atoms with Crippen molar-refractivity contribution in [2.75, 3.05) is 13.7 Å². The minimum absolute atomic E-state index is 0.501. The van der Waals surface area contributed by atoms with Crippen molar-refractivity contribution in [3.8, 4) is 28.8 Å². The Bertz CT molecular complexity index is 959. The zero-order chi connectivity index (χ0) is 18.4. The van der Waals surface area contributed by atoms with Gasteiger partial charge in [0.25, 0.3) is 0 Å². The first kappa shape index (κ1) is 17.6. The van der Waals surface area contributed by atoms with Gasteiger partial charge in [0.1, 0.15) is 11.1 Å². The topological polar surface area (TPSA) is 68.0 Å². The summed E-state index contributed by atoms with van der Waals surface area (Å²) in [5, 5.41) is 12.2. The zero-order valence-corrected chi connectivity index (χ0v) is 15.3. The lowest BCUT2D eigenvalue weighted by atomic mass is 10.1. The van der Waals surface area contributed by atoms with Crippen molar-refractivity contribution in [2.45, 2.75) is 6.92 Å². The van der Waals surface area contributed by atoms with Crippen LogP contribution in [0.5, 0.6) is 11.5 Å². The predicted molar refractivity (Wildman–Crippen MR) is 103 cm³/mol. The molecule has 2 heterocycles. The fraction of sp³-hybridized carbons (Fsp3) is 0.150. The Morgan fingerprint density at radius 3 is 2.73 bits per heavy atom. The highest BCUT2D eigenvalue weighted by Crippen LogP contribution is 2.31. The molecule has 6 heteroatoms. The molecule has 2 aromatic heterocycles. The van der Waals surface area contributed by atoms with Crippen molar-refractivity contribution in [1.82, 2.24) is 9.97 Å². The molecule has 0 fully saturated rings. The summed E-state index contributed by atoms with van der Waals surface area (Å²) in [6.45, 7) is 2.48. The lowest BCUT2D eigenvalue weighted by molar-refractivity contribution is 0.311. The summed E-state index contributed by atoms with van der Waals surface area (Å²) in [6.07, 6.45) is 5.25. The number of thiazole rings is 1. The number of benzene rings is 1. The molecular weight excluding hydrogens is 346 g/mol. The van der Waals surface area contributed by atoms with E-state index in [1.54, 1.807) is 25.6 Å². The number of pyridine rings is 1. The van der Waals surface area contributed by atoms with Crippen molar-refractivity contribution < 1.29 is 9.47 Å². The molecule has 0 bridgehead atoms. The van der Waals surface area contributed by atoms with Gasteiger partial charge in [-0.05, 0) is 42.8 Å². The molecule has 3 aromatic rings. The molecule has 0 spiro atoms. The molecule has 0 aliphatic rings. The molecule has 0 N–H and O–H groups in total. The number of allylic oxidation sites excluding steroid dienone is 1. The van der Waals surface area contributed by atoms with E-state index in [4.69, 9.17) is 9.47 Å². The molecule has 1 aromatic carbocycles. The lowest BCUT2D eigenvalue weighted by Gasteiger charge is -2.09. The van der Waals surface area contributed by atoms with E-state index in [1.807, 2.05) is 42.6 Å². The third-order valence-electron chi connectivity index (χ3n) is 3.63. The standard InChI is InChI=1S/C20H17N3O2S/c1-3-25-18-5-4-14(11-19(18)24-2)10-16(12-21)20-23-17(13-26-20)15-6-8-22-9-7-15/h4-11,13H,3H2,1-2H3/b16-10-. The third kappa shape index (κ3) is 3.90. The van der Waals surface area contributed by atoms with Gasteiger partial charge in [0.15, 0.2) is 11.5 Å². The Morgan fingerprint density at radius 2 is 2.04 bits per heavy atom. The van der Waals surface area contributed by atoms with Crippen molar-refractivity contribution in [3.05, 3.63) is 58.7 Å². The number of methoxy groups -OCH3 is 1. The molecular formula is C20H17N3O2S. The molecule has 3 rings (SSSR count). The van der Waals surface area contributed by atoms with E-state index in [9.17, 15) is 5.26 Å². The van der Waals surface area contributed by atoms with Gasteiger partial charge in [-0.1, -0.05) is 6.07 Å². The van der Waals surface area contributed by atoms with E-state index in [-0.39, 0.29) is 0 Å². The predicted octanol–water partition coefficient (Wildman–Crippen LogP) is 4.68. The minimum Gasteiger partial charge on any atom is -0.493 e. The number of ether oxygens (including phenoxy) is 2. The molecule has 0 amide bonds. The maximum Gasteiger partial charge on any atom is 0.161 e. The molecule has 0 saturated heterocycles. The molecule has 0 radical (unpaired) electrons. The Balaban J connectivity index is 1.92. The van der Waals surface area contributed by atoms with Gasteiger partial charge in [-0.2, -0.15) is 5.26 Å². The summed E-state index contributed by atoms with van der Waals surface area (Å²) in [7, 11) is 1.60. The summed E-state index contributed by atoms with van der Waals surface area (Å²) < 4.78 is 10.9. The van der Waals surface area contributed by atoms with Gasteiger partial charge in [0.2, 0.25) is 0 Å². The van der Waals surface area contributed by atoms with Crippen LogP contribution >= 0.6 is 11.3 Å². The number of nitrogens with zero attached hydrogens (tertiary/aromatic N) is 3. The van der Waals surface area contributed by atoms with E-state index in [2.05, 4.69) is 16.0 Å². The first-order valence-corrected chi connectivity index (χ1v) is 8.92. The second kappa shape index (κ2) is 8.28. The first-order valence-electron chi connectivity index (χ1n) is 8.04. The first-order chi connectivity index (χ1) is 12.7. The number of rotatable bonds is 6. The minimum atomic E-state index is 0.501. The van der Waals surface area contributed by atoms with E-state index in [0.29, 0.717) is 28.7 Å². The van der Waals surface area contributed by atoms with Crippen LogP contribution in [0.3, 0.4) is 0 Å². The van der Waals surface area contributed by atoms with Gasteiger partial charge in [-0.3, -0.25) is 4.98 Å². The SMILES string of the molecule is CCOc1ccc(/C=C(/C#N)c2nc(-c3ccncc3)cs2)cc1OC. The molecule has 0 unspecified atom stereocenters. The summed E-state index contributed by atoms with van der Waals surface area (Å²) >= 11 is 1.44. The van der Waals surface area contributed by atoms with Gasteiger partial charge in [0, 0.05) is 23.3 Å². The van der Waals surface area contributed by atoms with Crippen molar-refractivity contribution >= 4 is 23.0 Å². The summed E-state index contributed by atoms with van der Waals surface area (Å²) in [5.41, 5.74) is 3.16. The Hall–Kier alpha value is -3.17. The van der Waals surface area contributed by atoms with Gasteiger partial charge in [-0.15, -0.1) is 11.3 Å². The van der Waals surface area contributed by atoms with Crippen LogP contribution in [0.1, 0.15) is 17.5 Å². The Morgan fingerprint density at radius 1 is 1.23 bits per heavy atom. The van der Waals surface area contributed by atoms with Crippen LogP contribution in [-0.4, -0.2) is 23.7 Å². The van der Waals surface area contributed by atoms with Crippen LogP contribution in [0.15, 0.2) is 48.1 Å². The van der Waals surface area contributed by atoms with E-state index in [1.165, 1.54) is 11.3 Å². The third-order valence-corrected chi connectivity index (χ3v) is 4.51. The second-order valence-corrected chi connectivity index (χ2v) is 6.15. The quantitative estimate of drug-likeness (QED) is 0.595. The van der Waals surface area contributed by atoms with Crippen LogP contribution in [0.2, 0.25) is 0 Å². The summed E-state index contributed by atoms with van der Waals surface area (Å²) in [6, 6.07) is 11.6.